The molecule has 0 spiro atoms. The summed E-state index contributed by atoms with van der Waals surface area (Å²) >= 11 is 0. The lowest BCUT2D eigenvalue weighted by molar-refractivity contribution is -0.286. The first kappa shape index (κ1) is 57.4. The third kappa shape index (κ3) is 12.6. The van der Waals surface area contributed by atoms with Crippen molar-refractivity contribution in [2.45, 2.75) is 178 Å². The quantitative estimate of drug-likeness (QED) is 0.0470. The SMILES string of the molecule is COCC(CNC(=O)CN(CCCNC(=O)[C@](O)(C(O)C(O)[C@H](O)CO)C1OC(CO)C(O)C(O)[C@H]1O)C(=O)OC1CC[C@@]2(C)C(=CC[C@@H]3[C@@H]2CC[C@]2(C)C([C@H](C)CCCC(C)C)CC[C@@H]32)C1)OC. The van der Waals surface area contributed by atoms with Crippen LogP contribution in [0.3, 0.4) is 0 Å². The van der Waals surface area contributed by atoms with Gasteiger partial charge in [0.1, 0.15) is 61.5 Å². The van der Waals surface area contributed by atoms with Crippen LogP contribution in [0, 0.1) is 46.3 Å². The van der Waals surface area contributed by atoms with Crippen LogP contribution < -0.4 is 10.6 Å². The summed E-state index contributed by atoms with van der Waals surface area (Å²) in [6, 6.07) is 0. The van der Waals surface area contributed by atoms with E-state index in [0.717, 1.165) is 30.6 Å². The van der Waals surface area contributed by atoms with Gasteiger partial charge in [-0.15, -0.1) is 0 Å². The summed E-state index contributed by atoms with van der Waals surface area (Å²) in [4.78, 5) is 42.4. The monoisotopic (exact) mass is 986 g/mol. The van der Waals surface area contributed by atoms with Gasteiger partial charge in [0.15, 0.2) is 0 Å². The molecule has 0 aromatic rings. The fourth-order valence-electron chi connectivity index (χ4n) is 13.1. The molecular formula is C50H87N3O16. The number of carbonyl (C=O) groups excluding carboxylic acids is 3. The van der Waals surface area contributed by atoms with Gasteiger partial charge >= 0.3 is 6.09 Å². The minimum Gasteiger partial charge on any atom is -0.446 e. The number of allylic oxidation sites excluding steroid dienone is 1. The van der Waals surface area contributed by atoms with E-state index in [-0.39, 0.29) is 38.1 Å². The lowest BCUT2D eigenvalue weighted by Gasteiger charge is -2.58. The van der Waals surface area contributed by atoms with Crippen LogP contribution in [-0.2, 0) is 28.5 Å². The number of ether oxygens (including phenoxy) is 4. The van der Waals surface area contributed by atoms with Gasteiger partial charge in [0.25, 0.3) is 5.91 Å². The Morgan fingerprint density at radius 3 is 2.30 bits per heavy atom. The largest absolute Gasteiger partial charge is 0.446 e. The number of fused-ring (bicyclic) bond motifs is 5. The van der Waals surface area contributed by atoms with E-state index >= 15 is 0 Å². The Labute approximate surface area is 408 Å². The fraction of sp³-hybridized carbons (Fsp3) is 0.900. The Balaban J connectivity index is 1.26. The predicted molar refractivity (Wildman–Crippen MR) is 252 cm³/mol. The molecule has 5 aliphatic rings. The van der Waals surface area contributed by atoms with E-state index in [9.17, 15) is 60.3 Å². The Hall–Kier alpha value is -2.53. The maximum absolute atomic E-state index is 14.1. The Morgan fingerprint density at radius 2 is 1.65 bits per heavy atom. The van der Waals surface area contributed by atoms with Gasteiger partial charge in [-0.05, 0) is 97.7 Å². The Morgan fingerprint density at radius 1 is 0.928 bits per heavy atom. The van der Waals surface area contributed by atoms with Crippen LogP contribution in [0.25, 0.3) is 0 Å². The summed E-state index contributed by atoms with van der Waals surface area (Å²) < 4.78 is 22.1. The molecule has 3 saturated carbocycles. The summed E-state index contributed by atoms with van der Waals surface area (Å²) in [7, 11) is 2.97. The molecule has 1 aliphatic heterocycles. The third-order valence-corrected chi connectivity index (χ3v) is 17.3. The highest BCUT2D eigenvalue weighted by Gasteiger charge is 2.62. The van der Waals surface area contributed by atoms with Crippen molar-refractivity contribution in [3.8, 4) is 0 Å². The maximum atomic E-state index is 14.1. The van der Waals surface area contributed by atoms with Crippen molar-refractivity contribution in [1.29, 1.82) is 0 Å². The number of methoxy groups -OCH3 is 2. The summed E-state index contributed by atoms with van der Waals surface area (Å²) in [6.45, 7) is 9.42. The number of nitrogens with zero attached hydrogens (tertiary/aromatic N) is 1. The van der Waals surface area contributed by atoms with Gasteiger partial charge in [-0.25, -0.2) is 4.79 Å². The number of nitrogens with one attached hydrogen (secondary N) is 2. The normalized spacial score (nSPS) is 35.2. The zero-order valence-corrected chi connectivity index (χ0v) is 42.1. The predicted octanol–water partition coefficient (Wildman–Crippen LogP) is 0.767. The van der Waals surface area contributed by atoms with Crippen molar-refractivity contribution in [2.75, 3.05) is 60.2 Å². The molecule has 19 nitrogen and oxygen atoms in total. The lowest BCUT2D eigenvalue weighted by atomic mass is 9.47. The van der Waals surface area contributed by atoms with E-state index in [1.165, 1.54) is 69.6 Å². The molecule has 11 N–H and O–H groups in total. The van der Waals surface area contributed by atoms with Gasteiger partial charge in [0, 0.05) is 40.3 Å². The summed E-state index contributed by atoms with van der Waals surface area (Å²) in [5.41, 5.74) is -1.68. The van der Waals surface area contributed by atoms with Crippen molar-refractivity contribution in [3.05, 3.63) is 11.6 Å². The molecule has 4 aliphatic carbocycles. The molecule has 69 heavy (non-hydrogen) atoms. The van der Waals surface area contributed by atoms with Gasteiger partial charge in [-0.3, -0.25) is 14.5 Å². The second kappa shape index (κ2) is 24.9. The first-order valence-electron chi connectivity index (χ1n) is 25.5. The molecular weight excluding hydrogens is 899 g/mol. The minimum absolute atomic E-state index is 0.00331. The summed E-state index contributed by atoms with van der Waals surface area (Å²) in [5, 5.41) is 99.5. The van der Waals surface area contributed by atoms with Gasteiger partial charge in [0.2, 0.25) is 11.5 Å². The van der Waals surface area contributed by atoms with Crippen LogP contribution in [0.2, 0.25) is 0 Å². The van der Waals surface area contributed by atoms with Crippen LogP contribution in [-0.4, -0.2) is 196 Å². The number of aliphatic hydroxyl groups excluding tert-OH is 8. The molecule has 4 fully saturated rings. The smallest absolute Gasteiger partial charge is 0.410 e. The summed E-state index contributed by atoms with van der Waals surface area (Å²) in [6.07, 6.45) is -4.56. The highest BCUT2D eigenvalue weighted by atomic mass is 16.6. The number of hydrogen-bond acceptors (Lipinski definition) is 16. The van der Waals surface area contributed by atoms with Crippen molar-refractivity contribution >= 4 is 17.9 Å². The van der Waals surface area contributed by atoms with Crippen LogP contribution in [0.5, 0.6) is 0 Å². The van der Waals surface area contributed by atoms with Gasteiger partial charge in [-0.1, -0.05) is 65.5 Å². The number of aliphatic hydroxyl groups is 9. The molecule has 9 unspecified atom stereocenters. The second-order valence-electron chi connectivity index (χ2n) is 21.9. The summed E-state index contributed by atoms with van der Waals surface area (Å²) in [5.74, 6) is 2.12. The molecule has 5 rings (SSSR count). The fourth-order valence-corrected chi connectivity index (χ4v) is 13.1. The van der Waals surface area contributed by atoms with E-state index < -0.39 is 104 Å². The first-order valence-corrected chi connectivity index (χ1v) is 25.5. The zero-order chi connectivity index (χ0) is 51.0. The van der Waals surface area contributed by atoms with Crippen molar-refractivity contribution in [2.24, 2.45) is 46.3 Å². The topological polar surface area (TPSA) is 298 Å². The van der Waals surface area contributed by atoms with E-state index in [1.807, 2.05) is 0 Å². The second-order valence-corrected chi connectivity index (χ2v) is 21.9. The van der Waals surface area contributed by atoms with E-state index in [0.29, 0.717) is 36.0 Å². The van der Waals surface area contributed by atoms with Crippen molar-refractivity contribution in [3.63, 3.8) is 0 Å². The average molecular weight is 986 g/mol. The minimum atomic E-state index is -3.37. The van der Waals surface area contributed by atoms with Crippen LogP contribution >= 0.6 is 0 Å². The van der Waals surface area contributed by atoms with Crippen LogP contribution in [0.1, 0.15) is 112 Å². The molecule has 18 atom stereocenters. The highest BCUT2D eigenvalue weighted by Crippen LogP contribution is 2.67. The van der Waals surface area contributed by atoms with Gasteiger partial charge in [0.05, 0.1) is 25.9 Å². The van der Waals surface area contributed by atoms with Crippen molar-refractivity contribution < 1.29 is 79.3 Å². The third-order valence-electron chi connectivity index (χ3n) is 17.3. The molecule has 0 radical (unpaired) electrons. The molecule has 1 heterocycles. The zero-order valence-electron chi connectivity index (χ0n) is 42.1. The molecule has 0 aromatic carbocycles. The number of carbonyl (C=O) groups is 3. The number of rotatable bonds is 24. The van der Waals surface area contributed by atoms with Crippen LogP contribution in [0.15, 0.2) is 11.6 Å². The standard InChI is InChI=1S/C50H87N3O16/c1-28(2)10-8-11-29(3)34-14-15-35-33-13-12-30-22-31(16-18-48(30,4)36(33)17-19-49(34,35)5)68-47(64)53(24-39(57)52-23-32(67-7)27-66-6)21-9-20-51-46(63)50(65,44(62)40(58)37(56)25-54)45-43(61)42(60)41(59)38(26-55)69-45/h12,28-29,31-38,40-45,54-56,58-62,65H,8-11,13-27H2,1-7H3,(H,51,63)(H,52,57)/t29-,31?,32?,33+,34?,35+,36+,37-,38?,40?,41?,42?,43-,44?,45?,48+,49-,50+/m1/s1. The Bertz CT molecular complexity index is 1710. The van der Waals surface area contributed by atoms with Crippen molar-refractivity contribution in [1.82, 2.24) is 15.5 Å². The molecule has 19 heteroatoms. The van der Waals surface area contributed by atoms with Crippen LogP contribution in [0.4, 0.5) is 4.79 Å². The maximum Gasteiger partial charge on any atom is 0.410 e. The molecule has 398 valence electrons. The Kier molecular flexibility index (Phi) is 20.7. The first-order chi connectivity index (χ1) is 32.6. The van der Waals surface area contributed by atoms with E-state index in [2.05, 4.69) is 51.3 Å². The lowest BCUT2D eigenvalue weighted by Crippen LogP contribution is -2.74. The van der Waals surface area contributed by atoms with Gasteiger partial charge in [-0.2, -0.15) is 0 Å². The van der Waals surface area contributed by atoms with Gasteiger partial charge < -0.3 is 75.5 Å². The number of amides is 3. The van der Waals surface area contributed by atoms with E-state index in [4.69, 9.17) is 18.9 Å². The number of hydrogen-bond donors (Lipinski definition) is 11. The molecule has 1 saturated heterocycles. The molecule has 0 bridgehead atoms. The molecule has 3 amide bonds. The highest BCUT2D eigenvalue weighted by molar-refractivity contribution is 5.87. The molecule has 0 aromatic heterocycles. The van der Waals surface area contributed by atoms with E-state index in [1.54, 1.807) is 0 Å². The average Bonchev–Trinajstić information content (AvgIpc) is 3.69.